The topological polar surface area (TPSA) is 88.3 Å². The van der Waals surface area contributed by atoms with Crippen molar-refractivity contribution in [2.45, 2.75) is 24.6 Å². The zero-order valence-corrected chi connectivity index (χ0v) is 17.0. The largest absolute Gasteiger partial charge is 0.466 e. The van der Waals surface area contributed by atoms with Crippen LogP contribution in [0.25, 0.3) is 0 Å². The number of hydrogen-bond donors (Lipinski definition) is 1. The Kier molecular flexibility index (Phi) is 5.19. The molecule has 2 aromatic heterocycles. The Morgan fingerprint density at radius 3 is 2.89 bits per heavy atom. The van der Waals surface area contributed by atoms with Gasteiger partial charge in [0.15, 0.2) is 4.34 Å². The van der Waals surface area contributed by atoms with Gasteiger partial charge in [-0.2, -0.15) is 0 Å². The molecule has 9 heteroatoms. The van der Waals surface area contributed by atoms with Gasteiger partial charge in [-0.1, -0.05) is 41.3 Å². The van der Waals surface area contributed by atoms with Crippen LogP contribution < -0.4 is 10.2 Å². The van der Waals surface area contributed by atoms with Gasteiger partial charge in [0.25, 0.3) is 5.91 Å². The fourth-order valence-corrected chi connectivity index (χ4v) is 4.76. The van der Waals surface area contributed by atoms with E-state index in [4.69, 9.17) is 4.42 Å². The van der Waals surface area contributed by atoms with E-state index in [-0.39, 0.29) is 17.6 Å². The molecule has 4 rings (SSSR count). The highest BCUT2D eigenvalue weighted by atomic mass is 32.2. The second-order valence-corrected chi connectivity index (χ2v) is 8.57. The highest BCUT2D eigenvalue weighted by Gasteiger charge is 2.24. The maximum Gasteiger partial charge on any atom is 0.261 e. The number of amides is 2. The summed E-state index contributed by atoms with van der Waals surface area (Å²) in [5.41, 5.74) is 2.67. The van der Waals surface area contributed by atoms with E-state index in [1.54, 1.807) is 19.9 Å². The Hall–Kier alpha value is -2.65. The van der Waals surface area contributed by atoms with Gasteiger partial charge in [0.05, 0.1) is 11.3 Å². The summed E-state index contributed by atoms with van der Waals surface area (Å²) in [4.78, 5) is 26.7. The minimum atomic E-state index is -0.285. The predicted octanol–water partition coefficient (Wildman–Crippen LogP) is 3.68. The number of nitrogens with one attached hydrogen (secondary N) is 1. The lowest BCUT2D eigenvalue weighted by molar-refractivity contribution is -0.116. The summed E-state index contributed by atoms with van der Waals surface area (Å²) in [7, 11) is 0. The van der Waals surface area contributed by atoms with E-state index in [1.165, 1.54) is 28.7 Å². The maximum absolute atomic E-state index is 12.6. The second kappa shape index (κ2) is 7.76. The van der Waals surface area contributed by atoms with Crippen LogP contribution in [0.2, 0.25) is 0 Å². The number of hydrogen-bond acceptors (Lipinski definition) is 7. The van der Waals surface area contributed by atoms with Crippen molar-refractivity contribution < 1.29 is 14.0 Å². The van der Waals surface area contributed by atoms with Crippen molar-refractivity contribution in [1.29, 1.82) is 0 Å². The Bertz CT molecular complexity index is 1040. The third kappa shape index (κ3) is 3.81. The number of carbonyl (C=O) groups is 2. The Balaban J connectivity index is 1.35. The molecule has 7 nitrogen and oxygen atoms in total. The molecule has 0 fully saturated rings. The molecular formula is C19H18N4O3S2. The van der Waals surface area contributed by atoms with E-state index >= 15 is 0 Å². The fraction of sp³-hybridized carbons (Fsp3) is 0.263. The lowest BCUT2D eigenvalue weighted by Crippen LogP contribution is -2.30. The lowest BCUT2D eigenvalue weighted by Gasteiger charge is -2.16. The van der Waals surface area contributed by atoms with Crippen molar-refractivity contribution in [3.8, 4) is 0 Å². The summed E-state index contributed by atoms with van der Waals surface area (Å²) in [5.74, 6) is 1.27. The quantitative estimate of drug-likeness (QED) is 0.506. The van der Waals surface area contributed by atoms with Crippen LogP contribution in [0.15, 0.2) is 39.1 Å². The zero-order valence-electron chi connectivity index (χ0n) is 15.4. The number of benzene rings is 1. The van der Waals surface area contributed by atoms with Gasteiger partial charge < -0.3 is 9.32 Å². The fourth-order valence-electron chi connectivity index (χ4n) is 3.14. The zero-order chi connectivity index (χ0) is 19.7. The van der Waals surface area contributed by atoms with Crippen LogP contribution in [0.1, 0.15) is 27.4 Å². The Morgan fingerprint density at radius 2 is 2.11 bits per heavy atom. The summed E-state index contributed by atoms with van der Waals surface area (Å²) in [6, 6.07) is 9.65. The van der Waals surface area contributed by atoms with E-state index in [0.29, 0.717) is 33.1 Å². The molecule has 1 aromatic carbocycles. The highest BCUT2D eigenvalue weighted by Crippen LogP contribution is 2.30. The molecule has 144 valence electrons. The smallest absolute Gasteiger partial charge is 0.261 e. The first kappa shape index (κ1) is 18.7. The normalized spacial score (nSPS) is 12.9. The molecule has 0 saturated carbocycles. The van der Waals surface area contributed by atoms with Crippen LogP contribution in [0.4, 0.5) is 10.8 Å². The molecule has 2 amide bonds. The van der Waals surface area contributed by atoms with Crippen molar-refractivity contribution in [2.24, 2.45) is 0 Å². The predicted molar refractivity (Wildman–Crippen MR) is 109 cm³/mol. The number of rotatable bonds is 5. The van der Waals surface area contributed by atoms with Crippen molar-refractivity contribution in [2.75, 3.05) is 22.5 Å². The van der Waals surface area contributed by atoms with Gasteiger partial charge in [0.2, 0.25) is 11.0 Å². The third-order valence-electron chi connectivity index (χ3n) is 4.42. The van der Waals surface area contributed by atoms with Crippen LogP contribution in [-0.2, 0) is 11.2 Å². The SMILES string of the molecule is Cc1cc(C(=O)Nc2nnc(SCC(=O)N3CCc4ccccc43)s2)c(C)o1. The molecule has 0 saturated heterocycles. The van der Waals surface area contributed by atoms with Crippen molar-refractivity contribution in [1.82, 2.24) is 10.2 Å². The van der Waals surface area contributed by atoms with Crippen molar-refractivity contribution >= 4 is 45.7 Å². The molecule has 0 bridgehead atoms. The van der Waals surface area contributed by atoms with Crippen LogP contribution >= 0.6 is 23.1 Å². The summed E-state index contributed by atoms with van der Waals surface area (Å²) in [6.45, 7) is 4.24. The summed E-state index contributed by atoms with van der Waals surface area (Å²) in [5, 5.41) is 11.2. The molecule has 0 unspecified atom stereocenters. The molecular weight excluding hydrogens is 396 g/mol. The molecule has 1 N–H and O–H groups in total. The standard InChI is InChI=1S/C19H18N4O3S2/c1-11-9-14(12(2)26-11)17(25)20-18-21-22-19(28-18)27-10-16(24)23-8-7-13-5-3-4-6-15(13)23/h3-6,9H,7-8,10H2,1-2H3,(H,20,21,25). The molecule has 28 heavy (non-hydrogen) atoms. The molecule has 3 heterocycles. The van der Waals surface area contributed by atoms with Crippen LogP contribution in [-0.4, -0.2) is 34.3 Å². The summed E-state index contributed by atoms with van der Waals surface area (Å²) >= 11 is 2.57. The maximum atomic E-state index is 12.6. The number of furan rings is 1. The van der Waals surface area contributed by atoms with Gasteiger partial charge in [-0.05, 0) is 38.0 Å². The molecule has 0 spiro atoms. The molecule has 0 atom stereocenters. The van der Waals surface area contributed by atoms with Crippen LogP contribution in [0.3, 0.4) is 0 Å². The number of fused-ring (bicyclic) bond motifs is 1. The highest BCUT2D eigenvalue weighted by molar-refractivity contribution is 8.01. The number of carbonyl (C=O) groups excluding carboxylic acids is 2. The Labute approximate surface area is 170 Å². The lowest BCUT2D eigenvalue weighted by atomic mass is 10.2. The first-order valence-corrected chi connectivity index (χ1v) is 10.5. The molecule has 0 radical (unpaired) electrons. The van der Waals surface area contributed by atoms with E-state index in [2.05, 4.69) is 21.6 Å². The number of nitrogens with zero attached hydrogens (tertiary/aromatic N) is 3. The van der Waals surface area contributed by atoms with Crippen LogP contribution in [0, 0.1) is 13.8 Å². The number of aromatic nitrogens is 2. The van der Waals surface area contributed by atoms with E-state index in [1.807, 2.05) is 23.1 Å². The van der Waals surface area contributed by atoms with Gasteiger partial charge in [0, 0.05) is 12.2 Å². The van der Waals surface area contributed by atoms with E-state index in [9.17, 15) is 9.59 Å². The van der Waals surface area contributed by atoms with Gasteiger partial charge in [-0.3, -0.25) is 14.9 Å². The molecule has 0 aliphatic carbocycles. The average molecular weight is 415 g/mol. The Morgan fingerprint density at radius 1 is 1.29 bits per heavy atom. The number of para-hydroxylation sites is 1. The van der Waals surface area contributed by atoms with E-state index in [0.717, 1.165) is 12.1 Å². The number of thioether (sulfide) groups is 1. The summed E-state index contributed by atoms with van der Waals surface area (Å²) in [6.07, 6.45) is 0.883. The van der Waals surface area contributed by atoms with E-state index < -0.39 is 0 Å². The van der Waals surface area contributed by atoms with Crippen molar-refractivity contribution in [3.05, 3.63) is 53.0 Å². The minimum Gasteiger partial charge on any atom is -0.466 e. The van der Waals surface area contributed by atoms with Gasteiger partial charge in [0.1, 0.15) is 11.5 Å². The van der Waals surface area contributed by atoms with Gasteiger partial charge in [-0.25, -0.2) is 0 Å². The summed E-state index contributed by atoms with van der Waals surface area (Å²) < 4.78 is 6.01. The number of aryl methyl sites for hydroxylation is 2. The third-order valence-corrected chi connectivity index (χ3v) is 6.38. The second-order valence-electron chi connectivity index (χ2n) is 6.37. The van der Waals surface area contributed by atoms with Crippen molar-refractivity contribution in [3.63, 3.8) is 0 Å². The number of anilines is 2. The first-order chi connectivity index (χ1) is 13.5. The monoisotopic (exact) mass is 414 g/mol. The van der Waals surface area contributed by atoms with Gasteiger partial charge in [-0.15, -0.1) is 10.2 Å². The molecule has 1 aliphatic heterocycles. The molecule has 1 aliphatic rings. The van der Waals surface area contributed by atoms with Gasteiger partial charge >= 0.3 is 0 Å². The van der Waals surface area contributed by atoms with Crippen LogP contribution in [0.5, 0.6) is 0 Å². The first-order valence-electron chi connectivity index (χ1n) is 8.74. The minimum absolute atomic E-state index is 0.0419. The molecule has 3 aromatic rings. The average Bonchev–Trinajstić information content (AvgIpc) is 3.38.